The number of hydrogen-bond acceptors (Lipinski definition) is 13. The van der Waals surface area contributed by atoms with E-state index in [2.05, 4.69) is 32.5 Å². The maximum Gasteiger partial charge on any atom is 0.225 e. The van der Waals surface area contributed by atoms with Crippen molar-refractivity contribution in [1.82, 2.24) is 29.7 Å². The third kappa shape index (κ3) is 10.5. The highest BCUT2D eigenvalue weighted by Crippen LogP contribution is 2.48. The van der Waals surface area contributed by atoms with Gasteiger partial charge in [0.15, 0.2) is 0 Å². The zero-order valence-corrected chi connectivity index (χ0v) is 42.3. The van der Waals surface area contributed by atoms with E-state index in [1.165, 1.54) is 14.2 Å². The van der Waals surface area contributed by atoms with Gasteiger partial charge >= 0.3 is 0 Å². The molecule has 2 aliphatic rings. The second-order valence-electron chi connectivity index (χ2n) is 17.4. The molecule has 0 radical (unpaired) electrons. The Morgan fingerprint density at radius 3 is 1.37 bits per heavy atom. The van der Waals surface area contributed by atoms with Crippen LogP contribution in [0.4, 0.5) is 11.9 Å². The number of carbonyl (C=O) groups is 2. The summed E-state index contributed by atoms with van der Waals surface area (Å²) in [6.45, 7) is 2.16. The van der Waals surface area contributed by atoms with Crippen LogP contribution in [0.2, 0.25) is 20.1 Å². The fourth-order valence-corrected chi connectivity index (χ4v) is 10.4. The zero-order valence-electron chi connectivity index (χ0n) is 39.3. The highest BCUT2D eigenvalue weighted by Gasteiger charge is 2.38. The Hall–Kier alpha value is -5.58. The molecule has 8 rings (SSSR count). The summed E-state index contributed by atoms with van der Waals surface area (Å²) in [5, 5.41) is 10.00. The number of amides is 2. The molecule has 0 aliphatic heterocycles. The van der Waals surface area contributed by atoms with Crippen molar-refractivity contribution in [3.05, 3.63) is 81.0 Å². The third-order valence-corrected chi connectivity index (χ3v) is 14.1. The maximum atomic E-state index is 12.4. The number of methoxy groups -OCH3 is 4. The molecule has 2 aliphatic carbocycles. The van der Waals surface area contributed by atoms with E-state index in [-0.39, 0.29) is 41.8 Å². The summed E-state index contributed by atoms with van der Waals surface area (Å²) >= 11 is 26.3. The zero-order chi connectivity index (χ0) is 49.1. The van der Waals surface area contributed by atoms with E-state index in [0.717, 1.165) is 45.8 Å². The summed E-state index contributed by atoms with van der Waals surface area (Å²) in [6, 6.07) is 14.7. The second kappa shape index (κ2) is 21.4. The van der Waals surface area contributed by atoms with E-state index in [0.29, 0.717) is 84.9 Å². The van der Waals surface area contributed by atoms with Crippen LogP contribution in [0.5, 0.6) is 23.0 Å². The summed E-state index contributed by atoms with van der Waals surface area (Å²) in [5.74, 6) is 3.46. The van der Waals surface area contributed by atoms with Gasteiger partial charge in [0.2, 0.25) is 23.7 Å². The van der Waals surface area contributed by atoms with Crippen molar-refractivity contribution < 1.29 is 28.5 Å². The van der Waals surface area contributed by atoms with E-state index in [9.17, 15) is 9.59 Å². The number of carbonyl (C=O) groups excluding carboxylic acids is 2. The van der Waals surface area contributed by atoms with E-state index >= 15 is 0 Å². The molecule has 6 aromatic rings. The van der Waals surface area contributed by atoms with Crippen LogP contribution in [-0.4, -0.2) is 116 Å². The molecule has 19 heteroatoms. The van der Waals surface area contributed by atoms with Crippen molar-refractivity contribution in [2.45, 2.75) is 50.7 Å². The highest BCUT2D eigenvalue weighted by molar-refractivity contribution is 6.42. The Bertz CT molecular complexity index is 2610. The SMILES string of the molecule is COc1cc(OC)c(Cl)c(-c2ccc3nc(NC4C[C@H](C(=O)N(C)C)CC4C)ncc3c2)c1Cl.COc1cc(OC)c(Cl)c(-c2ccc3nc(NC4C[C@H](C(=O)N(C)C)CC4N)ncc3c2)c1Cl. The van der Waals surface area contributed by atoms with Crippen molar-refractivity contribution in [3.63, 3.8) is 0 Å². The number of nitrogens with two attached hydrogens (primary N) is 1. The number of fused-ring (bicyclic) bond motifs is 2. The van der Waals surface area contributed by atoms with Crippen molar-refractivity contribution in [3.8, 4) is 45.3 Å². The van der Waals surface area contributed by atoms with Gasteiger partial charge in [-0.2, -0.15) is 0 Å². The molecule has 360 valence electrons. The molecular formula is C49H55Cl4N9O6. The summed E-state index contributed by atoms with van der Waals surface area (Å²) in [5.41, 5.74) is 10.6. The van der Waals surface area contributed by atoms with Crippen LogP contribution in [0.15, 0.2) is 60.9 Å². The number of halogens is 4. The van der Waals surface area contributed by atoms with Crippen molar-refractivity contribution in [1.29, 1.82) is 0 Å². The van der Waals surface area contributed by atoms with E-state index in [1.54, 1.807) is 76.7 Å². The Kier molecular flexibility index (Phi) is 15.8. The number of ether oxygens (including phenoxy) is 4. The molecule has 4 aromatic carbocycles. The minimum absolute atomic E-state index is 0.0277. The summed E-state index contributed by atoms with van der Waals surface area (Å²) in [4.78, 5) is 46.3. The molecule has 4 unspecified atom stereocenters. The van der Waals surface area contributed by atoms with Crippen molar-refractivity contribution >= 4 is 91.9 Å². The van der Waals surface area contributed by atoms with Gasteiger partial charge < -0.3 is 45.1 Å². The number of aromatic nitrogens is 4. The van der Waals surface area contributed by atoms with Crippen molar-refractivity contribution in [2.75, 3.05) is 67.3 Å². The number of nitrogens with one attached hydrogen (secondary N) is 2. The van der Waals surface area contributed by atoms with Crippen molar-refractivity contribution in [2.24, 2.45) is 23.5 Å². The molecule has 68 heavy (non-hydrogen) atoms. The van der Waals surface area contributed by atoms with Gasteiger partial charge in [-0.15, -0.1) is 0 Å². The van der Waals surface area contributed by atoms with Gasteiger partial charge in [-0.05, 0) is 67.0 Å². The molecular weight excluding hydrogens is 952 g/mol. The standard InChI is InChI=1S/C25H28Cl2N4O3.C24H27Cl2N5O3/c1-13-8-15(24(32)31(2)3)10-18(13)30-25-28-12-16-9-14(6-7-17(16)29-25)21-22(26)19(33-4)11-20(34-5)23(21)27;1-31(2)23(32)13-8-15(27)17(9-13)30-24-28-11-14-7-12(5-6-16(14)29-24)20-21(25)18(33-3)10-19(34-4)22(20)26/h6-7,9,11-13,15,18H,8,10H2,1-5H3,(H,28,29,30);5-7,10-11,13,15,17H,8-9,27H2,1-4H3,(H,28,29,30)/t13?,15-,18?;13-,15?,17?/m11/s1. The molecule has 6 atom stereocenters. The first kappa shape index (κ1) is 50.3. The normalized spacial score (nSPS) is 19.8. The maximum absolute atomic E-state index is 12.4. The van der Waals surface area contributed by atoms with Gasteiger partial charge in [-0.1, -0.05) is 65.5 Å². The Balaban J connectivity index is 0.000000201. The van der Waals surface area contributed by atoms with Crippen LogP contribution in [-0.2, 0) is 9.59 Å². The average Bonchev–Trinajstić information content (AvgIpc) is 3.88. The second-order valence-corrected chi connectivity index (χ2v) is 19.0. The summed E-state index contributed by atoms with van der Waals surface area (Å²) in [7, 11) is 13.3. The number of rotatable bonds is 12. The average molecular weight is 1010 g/mol. The van der Waals surface area contributed by atoms with Gasteiger partial charge in [0, 0.05) is 105 Å². The Labute approximate surface area is 415 Å². The molecule has 15 nitrogen and oxygen atoms in total. The summed E-state index contributed by atoms with van der Waals surface area (Å²) < 4.78 is 21.5. The lowest BCUT2D eigenvalue weighted by Gasteiger charge is -2.18. The van der Waals surface area contributed by atoms with Gasteiger partial charge in [0.05, 0.1) is 59.6 Å². The number of anilines is 2. The van der Waals surface area contributed by atoms with Crippen LogP contribution in [0.3, 0.4) is 0 Å². The predicted molar refractivity (Wildman–Crippen MR) is 271 cm³/mol. The third-order valence-electron chi connectivity index (χ3n) is 12.6. The molecule has 2 aromatic heterocycles. The minimum atomic E-state index is -0.150. The largest absolute Gasteiger partial charge is 0.495 e. The first-order valence-corrected chi connectivity index (χ1v) is 23.4. The smallest absolute Gasteiger partial charge is 0.225 e. The first-order chi connectivity index (χ1) is 32.5. The van der Waals surface area contributed by atoms with E-state index in [4.69, 9.17) is 76.1 Å². The van der Waals surface area contributed by atoms with Crippen LogP contribution in [0.25, 0.3) is 44.1 Å². The molecule has 0 bridgehead atoms. The quantitative estimate of drug-likeness (QED) is 0.106. The lowest BCUT2D eigenvalue weighted by atomic mass is 10.0. The highest BCUT2D eigenvalue weighted by atomic mass is 35.5. The molecule has 2 amide bonds. The fourth-order valence-electron chi connectivity index (χ4n) is 8.95. The van der Waals surface area contributed by atoms with Crippen LogP contribution in [0, 0.1) is 17.8 Å². The first-order valence-electron chi connectivity index (χ1n) is 21.9. The Morgan fingerprint density at radius 1 is 0.588 bits per heavy atom. The molecule has 4 N–H and O–H groups in total. The van der Waals surface area contributed by atoms with E-state index in [1.807, 2.05) is 36.4 Å². The lowest BCUT2D eigenvalue weighted by molar-refractivity contribution is -0.133. The molecule has 2 fully saturated rings. The molecule has 2 saturated carbocycles. The summed E-state index contributed by atoms with van der Waals surface area (Å²) in [6.07, 6.45) is 6.42. The minimum Gasteiger partial charge on any atom is -0.495 e. The van der Waals surface area contributed by atoms with Crippen LogP contribution < -0.4 is 35.3 Å². The molecule has 2 heterocycles. The van der Waals surface area contributed by atoms with Crippen LogP contribution in [0.1, 0.15) is 32.6 Å². The molecule has 0 saturated heterocycles. The van der Waals surface area contributed by atoms with Gasteiger partial charge in [0.1, 0.15) is 23.0 Å². The number of hydrogen-bond donors (Lipinski definition) is 3. The van der Waals surface area contributed by atoms with Gasteiger partial charge in [-0.3, -0.25) is 9.59 Å². The monoisotopic (exact) mass is 1010 g/mol. The number of benzene rings is 4. The van der Waals surface area contributed by atoms with Crippen LogP contribution >= 0.6 is 46.4 Å². The van der Waals surface area contributed by atoms with E-state index < -0.39 is 0 Å². The number of nitrogens with zero attached hydrogens (tertiary/aromatic N) is 6. The Morgan fingerprint density at radius 2 is 0.971 bits per heavy atom. The fraction of sp³-hybridized carbons (Fsp3) is 0.388. The molecule has 0 spiro atoms. The topological polar surface area (TPSA) is 179 Å². The van der Waals surface area contributed by atoms with Gasteiger partial charge in [-0.25, -0.2) is 19.9 Å². The predicted octanol–water partition coefficient (Wildman–Crippen LogP) is 9.76. The van der Waals surface area contributed by atoms with Gasteiger partial charge in [0.25, 0.3) is 0 Å². The lowest BCUT2D eigenvalue weighted by Crippen LogP contribution is -2.35.